The van der Waals surface area contributed by atoms with E-state index in [4.69, 9.17) is 0 Å². The average molecular weight is 251 g/mol. The standard InChI is InChI=1S/C15H9NOS/c17-18-8-11-7-16-14-6-5-10-3-1-2-4-12(10)15(14)13(11)9-18/h1-9H. The number of hydrogen-bond acceptors (Lipinski definition) is 2. The molecule has 2 nitrogen and oxygen atoms in total. The lowest BCUT2D eigenvalue weighted by molar-refractivity contribution is 0.695. The Kier molecular flexibility index (Phi) is 1.94. The summed E-state index contributed by atoms with van der Waals surface area (Å²) in [6, 6.07) is 12.3. The summed E-state index contributed by atoms with van der Waals surface area (Å²) in [5.74, 6) is 0. The molecule has 1 atom stereocenters. The van der Waals surface area contributed by atoms with Crippen LogP contribution in [0.2, 0.25) is 0 Å². The Balaban J connectivity index is 2.40. The van der Waals surface area contributed by atoms with Crippen molar-refractivity contribution in [1.29, 1.82) is 0 Å². The lowest BCUT2D eigenvalue weighted by atomic mass is 10.0. The van der Waals surface area contributed by atoms with Crippen LogP contribution in [0.15, 0.2) is 42.6 Å². The van der Waals surface area contributed by atoms with Gasteiger partial charge in [-0.25, -0.2) is 0 Å². The second-order valence-corrected chi connectivity index (χ2v) is 5.50. The molecule has 1 unspecified atom stereocenters. The van der Waals surface area contributed by atoms with Crippen LogP contribution in [-0.2, 0) is 10.8 Å². The molecule has 2 heterocycles. The molecule has 1 aliphatic rings. The summed E-state index contributed by atoms with van der Waals surface area (Å²) in [6.07, 6.45) is 1.80. The van der Waals surface area contributed by atoms with E-state index in [1.807, 2.05) is 23.6 Å². The molecule has 0 aliphatic carbocycles. The Hall–Kier alpha value is -2.00. The van der Waals surface area contributed by atoms with Gasteiger partial charge in [0, 0.05) is 32.8 Å². The van der Waals surface area contributed by atoms with Gasteiger partial charge in [-0.15, -0.1) is 0 Å². The topological polar surface area (TPSA) is 30.0 Å². The fraction of sp³-hybridized carbons (Fsp3) is 0. The summed E-state index contributed by atoms with van der Waals surface area (Å²) in [5.41, 5.74) is 0.955. The third-order valence-corrected chi connectivity index (χ3v) is 4.26. The summed E-state index contributed by atoms with van der Waals surface area (Å²) >= 11 is 0. The number of hydrogen-bond donors (Lipinski definition) is 0. The Bertz CT molecular complexity index is 944. The number of nitrogens with zero attached hydrogens (tertiary/aromatic N) is 1. The SMILES string of the molecule is O=S1C=c2cnc3ccc4ccccc4c3c2=C1. The van der Waals surface area contributed by atoms with Crippen molar-refractivity contribution < 1.29 is 4.21 Å². The molecule has 1 aliphatic heterocycles. The van der Waals surface area contributed by atoms with Crippen molar-refractivity contribution in [2.75, 3.05) is 0 Å². The van der Waals surface area contributed by atoms with Gasteiger partial charge in [-0.1, -0.05) is 30.3 Å². The Morgan fingerprint density at radius 2 is 1.89 bits per heavy atom. The number of rotatable bonds is 0. The van der Waals surface area contributed by atoms with Crippen LogP contribution in [0.1, 0.15) is 0 Å². The first-order chi connectivity index (χ1) is 8.83. The molecule has 1 aromatic heterocycles. The molecule has 3 aromatic rings. The molecule has 18 heavy (non-hydrogen) atoms. The van der Waals surface area contributed by atoms with Crippen LogP contribution in [0.3, 0.4) is 0 Å². The quantitative estimate of drug-likeness (QED) is 0.568. The Labute approximate surface area is 106 Å². The van der Waals surface area contributed by atoms with E-state index in [0.717, 1.165) is 21.3 Å². The van der Waals surface area contributed by atoms with Crippen molar-refractivity contribution in [2.45, 2.75) is 0 Å². The highest BCUT2D eigenvalue weighted by molar-refractivity contribution is 8.00. The lowest BCUT2D eigenvalue weighted by Crippen LogP contribution is -2.23. The molecule has 4 rings (SSSR count). The van der Waals surface area contributed by atoms with Gasteiger partial charge < -0.3 is 0 Å². The Morgan fingerprint density at radius 1 is 1.00 bits per heavy atom. The van der Waals surface area contributed by atoms with Crippen LogP contribution in [-0.4, -0.2) is 9.19 Å². The second-order valence-electron chi connectivity index (χ2n) is 4.37. The predicted octanol–water partition coefficient (Wildman–Crippen LogP) is 1.63. The molecule has 0 fully saturated rings. The molecule has 3 heteroatoms. The molecule has 0 saturated heterocycles. The van der Waals surface area contributed by atoms with E-state index in [2.05, 4.69) is 23.2 Å². The molecule has 86 valence electrons. The smallest absolute Gasteiger partial charge is 0.0715 e. The first-order valence-corrected chi connectivity index (χ1v) is 7.00. The van der Waals surface area contributed by atoms with Crippen LogP contribution in [0.4, 0.5) is 0 Å². The predicted molar refractivity (Wildman–Crippen MR) is 75.6 cm³/mol. The van der Waals surface area contributed by atoms with Gasteiger partial charge in [0.05, 0.1) is 16.3 Å². The van der Waals surface area contributed by atoms with Gasteiger partial charge in [-0.2, -0.15) is 0 Å². The van der Waals surface area contributed by atoms with Gasteiger partial charge in [0.15, 0.2) is 0 Å². The zero-order valence-electron chi connectivity index (χ0n) is 9.46. The fourth-order valence-corrected chi connectivity index (χ4v) is 3.49. The molecule has 2 aromatic carbocycles. The third-order valence-electron chi connectivity index (χ3n) is 3.31. The molecular weight excluding hydrogens is 242 g/mol. The van der Waals surface area contributed by atoms with Crippen molar-refractivity contribution in [1.82, 2.24) is 4.98 Å². The summed E-state index contributed by atoms with van der Waals surface area (Å²) < 4.78 is 11.7. The maximum Gasteiger partial charge on any atom is 0.0715 e. The van der Waals surface area contributed by atoms with E-state index < -0.39 is 10.8 Å². The zero-order chi connectivity index (χ0) is 12.1. The third kappa shape index (κ3) is 1.28. The van der Waals surface area contributed by atoms with E-state index in [9.17, 15) is 4.21 Å². The van der Waals surface area contributed by atoms with E-state index >= 15 is 0 Å². The number of benzene rings is 2. The van der Waals surface area contributed by atoms with Crippen molar-refractivity contribution in [3.05, 3.63) is 53.0 Å². The van der Waals surface area contributed by atoms with E-state index in [0.29, 0.717) is 0 Å². The average Bonchev–Trinajstić information content (AvgIpc) is 2.78. The van der Waals surface area contributed by atoms with Gasteiger partial charge in [-0.05, 0) is 16.8 Å². The minimum absolute atomic E-state index is 0.955. The molecule has 0 radical (unpaired) electrons. The van der Waals surface area contributed by atoms with Crippen LogP contribution < -0.4 is 10.4 Å². The number of pyridine rings is 1. The zero-order valence-corrected chi connectivity index (χ0v) is 10.3. The van der Waals surface area contributed by atoms with Crippen LogP contribution in [0, 0.1) is 0 Å². The summed E-state index contributed by atoms with van der Waals surface area (Å²) in [5, 5.41) is 9.05. The van der Waals surface area contributed by atoms with Gasteiger partial charge >= 0.3 is 0 Å². The fourth-order valence-electron chi connectivity index (χ4n) is 2.50. The minimum atomic E-state index is -1.01. The van der Waals surface area contributed by atoms with E-state index in [1.54, 1.807) is 11.6 Å². The monoisotopic (exact) mass is 251 g/mol. The molecule has 0 spiro atoms. The van der Waals surface area contributed by atoms with Gasteiger partial charge in [0.25, 0.3) is 0 Å². The highest BCUT2D eigenvalue weighted by Crippen LogP contribution is 2.20. The summed E-state index contributed by atoms with van der Waals surface area (Å²) in [6.45, 7) is 0. The minimum Gasteiger partial charge on any atom is -0.256 e. The summed E-state index contributed by atoms with van der Waals surface area (Å²) in [4.78, 5) is 4.45. The highest BCUT2D eigenvalue weighted by Gasteiger charge is 2.08. The van der Waals surface area contributed by atoms with Gasteiger partial charge in [0.2, 0.25) is 0 Å². The van der Waals surface area contributed by atoms with Crippen LogP contribution in [0.5, 0.6) is 0 Å². The van der Waals surface area contributed by atoms with Crippen LogP contribution in [0.25, 0.3) is 32.5 Å². The molecular formula is C15H9NOS. The van der Waals surface area contributed by atoms with Crippen molar-refractivity contribution >= 4 is 43.3 Å². The lowest BCUT2D eigenvalue weighted by Gasteiger charge is -2.03. The first-order valence-electron chi connectivity index (χ1n) is 5.72. The largest absolute Gasteiger partial charge is 0.256 e. The molecule has 0 amide bonds. The molecule has 0 N–H and O–H groups in total. The molecule has 0 bridgehead atoms. The van der Waals surface area contributed by atoms with E-state index in [1.165, 1.54) is 10.8 Å². The van der Waals surface area contributed by atoms with Crippen molar-refractivity contribution in [3.63, 3.8) is 0 Å². The summed E-state index contributed by atoms with van der Waals surface area (Å²) in [7, 11) is -1.01. The molecule has 0 saturated carbocycles. The maximum absolute atomic E-state index is 11.7. The number of fused-ring (bicyclic) bond motifs is 5. The van der Waals surface area contributed by atoms with E-state index in [-0.39, 0.29) is 0 Å². The van der Waals surface area contributed by atoms with Gasteiger partial charge in [0.1, 0.15) is 0 Å². The van der Waals surface area contributed by atoms with Gasteiger partial charge in [-0.3, -0.25) is 9.19 Å². The number of aromatic nitrogens is 1. The second kappa shape index (κ2) is 3.50. The van der Waals surface area contributed by atoms with Crippen molar-refractivity contribution in [3.8, 4) is 0 Å². The maximum atomic E-state index is 11.7. The van der Waals surface area contributed by atoms with Crippen molar-refractivity contribution in [2.24, 2.45) is 0 Å². The highest BCUT2D eigenvalue weighted by atomic mass is 32.2. The first kappa shape index (κ1) is 9.97. The Morgan fingerprint density at radius 3 is 2.83 bits per heavy atom. The normalized spacial score (nSPS) is 17.4. The van der Waals surface area contributed by atoms with Crippen LogP contribution >= 0.6 is 0 Å².